The minimum Gasteiger partial charge on any atom is -0.298 e. The molecule has 3 heteroatoms. The van der Waals surface area contributed by atoms with Crippen LogP contribution in [0.4, 0.5) is 0 Å². The Hall–Kier alpha value is -0.570. The Morgan fingerprint density at radius 2 is 1.77 bits per heavy atom. The second-order valence-corrected chi connectivity index (χ2v) is 3.09. The van der Waals surface area contributed by atoms with Gasteiger partial charge in [0.2, 0.25) is 0 Å². The highest BCUT2D eigenvalue weighted by Crippen LogP contribution is 1.98. The highest BCUT2D eigenvalue weighted by molar-refractivity contribution is 5.68. The Labute approximate surface area is 80.3 Å². The zero-order chi connectivity index (χ0) is 9.94. The molecule has 0 radical (unpaired) electrons. The maximum Gasteiger partial charge on any atom is 0.342 e. The monoisotopic (exact) mass is 188 g/mol. The first-order chi connectivity index (χ1) is 6.31. The molecule has 0 aliphatic carbocycles. The van der Waals surface area contributed by atoms with Crippen molar-refractivity contribution in [3.63, 3.8) is 0 Å². The fraction of sp³-hybridized carbons (Fsp3) is 0.900. The van der Waals surface area contributed by atoms with E-state index in [1.807, 2.05) is 6.92 Å². The van der Waals surface area contributed by atoms with Gasteiger partial charge in [-0.05, 0) is 12.8 Å². The van der Waals surface area contributed by atoms with Gasteiger partial charge >= 0.3 is 5.97 Å². The van der Waals surface area contributed by atoms with Crippen LogP contribution in [0.2, 0.25) is 0 Å². The van der Waals surface area contributed by atoms with E-state index in [1.54, 1.807) is 0 Å². The summed E-state index contributed by atoms with van der Waals surface area (Å²) in [6.45, 7) is 4.67. The maximum absolute atomic E-state index is 10.9. The average molecular weight is 188 g/mol. The smallest absolute Gasteiger partial charge is 0.298 e. The number of carbonyl (C=O) groups excluding carboxylic acids is 1. The van der Waals surface area contributed by atoms with Gasteiger partial charge in [-0.1, -0.05) is 33.1 Å². The van der Waals surface area contributed by atoms with Crippen LogP contribution in [0.5, 0.6) is 0 Å². The van der Waals surface area contributed by atoms with Gasteiger partial charge in [-0.15, -0.1) is 0 Å². The first kappa shape index (κ1) is 12.4. The Kier molecular flexibility index (Phi) is 9.10. The molecular formula is C10H20O3. The van der Waals surface area contributed by atoms with Gasteiger partial charge in [0.05, 0.1) is 6.61 Å². The minimum atomic E-state index is -0.252. The molecule has 13 heavy (non-hydrogen) atoms. The predicted octanol–water partition coefficient (Wildman–Crippen LogP) is 2.84. The maximum atomic E-state index is 10.9. The van der Waals surface area contributed by atoms with Crippen molar-refractivity contribution in [1.82, 2.24) is 0 Å². The highest BCUT2D eigenvalue weighted by Gasteiger charge is 2.01. The number of carbonyl (C=O) groups is 1. The molecule has 0 aromatic heterocycles. The van der Waals surface area contributed by atoms with Gasteiger partial charge in [0.1, 0.15) is 0 Å². The van der Waals surface area contributed by atoms with Crippen LogP contribution in [0.25, 0.3) is 0 Å². The molecular weight excluding hydrogens is 168 g/mol. The Morgan fingerprint density at radius 3 is 2.38 bits per heavy atom. The molecule has 0 amide bonds. The van der Waals surface area contributed by atoms with Crippen molar-refractivity contribution in [1.29, 1.82) is 0 Å². The van der Waals surface area contributed by atoms with Crippen LogP contribution < -0.4 is 0 Å². The van der Waals surface area contributed by atoms with E-state index in [2.05, 4.69) is 11.8 Å². The topological polar surface area (TPSA) is 35.5 Å². The number of hydrogen-bond donors (Lipinski definition) is 0. The van der Waals surface area contributed by atoms with Crippen LogP contribution in [0.1, 0.15) is 52.4 Å². The van der Waals surface area contributed by atoms with E-state index in [4.69, 9.17) is 4.89 Å². The molecule has 0 aromatic carbocycles. The van der Waals surface area contributed by atoms with Crippen LogP contribution in [0, 0.1) is 0 Å². The molecule has 0 rings (SSSR count). The third kappa shape index (κ3) is 9.34. The molecule has 0 spiro atoms. The molecule has 0 bridgehead atoms. The van der Waals surface area contributed by atoms with E-state index < -0.39 is 0 Å². The molecule has 0 saturated carbocycles. The number of rotatable bonds is 8. The minimum absolute atomic E-state index is 0.252. The van der Waals surface area contributed by atoms with E-state index in [1.165, 1.54) is 0 Å². The highest BCUT2D eigenvalue weighted by atomic mass is 17.2. The molecule has 0 aliphatic heterocycles. The summed E-state index contributed by atoms with van der Waals surface area (Å²) in [5, 5.41) is 0. The average Bonchev–Trinajstić information content (AvgIpc) is 2.14. The van der Waals surface area contributed by atoms with Crippen molar-refractivity contribution in [2.24, 2.45) is 0 Å². The van der Waals surface area contributed by atoms with Crippen molar-refractivity contribution in [3.05, 3.63) is 0 Å². The Bertz CT molecular complexity index is 123. The van der Waals surface area contributed by atoms with E-state index >= 15 is 0 Å². The van der Waals surface area contributed by atoms with E-state index in [0.717, 1.165) is 32.1 Å². The molecule has 0 N–H and O–H groups in total. The summed E-state index contributed by atoms with van der Waals surface area (Å²) in [6, 6.07) is 0. The first-order valence-corrected chi connectivity index (χ1v) is 5.13. The lowest BCUT2D eigenvalue weighted by atomic mass is 10.3. The molecule has 78 valence electrons. The van der Waals surface area contributed by atoms with Gasteiger partial charge in [-0.3, -0.25) is 4.89 Å². The van der Waals surface area contributed by atoms with Crippen molar-refractivity contribution >= 4 is 5.97 Å². The summed E-state index contributed by atoms with van der Waals surface area (Å²) < 4.78 is 0. The number of unbranched alkanes of at least 4 members (excludes halogenated alkanes) is 3. The predicted molar refractivity (Wildman–Crippen MR) is 51.1 cm³/mol. The van der Waals surface area contributed by atoms with Crippen molar-refractivity contribution in [3.8, 4) is 0 Å². The van der Waals surface area contributed by atoms with Gasteiger partial charge in [-0.25, -0.2) is 4.79 Å². The fourth-order valence-corrected chi connectivity index (χ4v) is 0.881. The molecule has 0 unspecified atom stereocenters. The van der Waals surface area contributed by atoms with E-state index in [9.17, 15) is 4.79 Å². The van der Waals surface area contributed by atoms with Crippen molar-refractivity contribution in [2.75, 3.05) is 6.61 Å². The lowest BCUT2D eigenvalue weighted by Gasteiger charge is -2.02. The fourth-order valence-electron chi connectivity index (χ4n) is 0.881. The first-order valence-electron chi connectivity index (χ1n) is 5.13. The summed E-state index contributed by atoms with van der Waals surface area (Å²) in [4.78, 5) is 20.2. The van der Waals surface area contributed by atoms with Crippen LogP contribution in [0.15, 0.2) is 0 Å². The quantitative estimate of drug-likeness (QED) is 0.334. The van der Waals surface area contributed by atoms with Crippen molar-refractivity contribution in [2.45, 2.75) is 52.4 Å². The molecule has 3 nitrogen and oxygen atoms in total. The van der Waals surface area contributed by atoms with Crippen LogP contribution in [0.3, 0.4) is 0 Å². The third-order valence-corrected chi connectivity index (χ3v) is 1.72. The molecule has 0 aliphatic rings. The summed E-state index contributed by atoms with van der Waals surface area (Å²) >= 11 is 0. The standard InChI is InChI=1S/C10H20O3/c1-3-5-7-9-12-13-10(11)8-6-4-2/h3-9H2,1-2H3. The van der Waals surface area contributed by atoms with Gasteiger partial charge in [0.15, 0.2) is 0 Å². The second kappa shape index (κ2) is 9.52. The zero-order valence-corrected chi connectivity index (χ0v) is 8.67. The Balaban J connectivity index is 3.08. The summed E-state index contributed by atoms with van der Waals surface area (Å²) in [6.07, 6.45) is 5.56. The third-order valence-electron chi connectivity index (χ3n) is 1.72. The van der Waals surface area contributed by atoms with Gasteiger partial charge in [0, 0.05) is 6.42 Å². The van der Waals surface area contributed by atoms with Gasteiger partial charge < -0.3 is 0 Å². The molecule has 0 atom stereocenters. The molecule has 0 saturated heterocycles. The summed E-state index contributed by atoms with van der Waals surface area (Å²) in [7, 11) is 0. The molecule has 0 aromatic rings. The van der Waals surface area contributed by atoms with Gasteiger partial charge in [-0.2, -0.15) is 4.89 Å². The van der Waals surface area contributed by atoms with Gasteiger partial charge in [0.25, 0.3) is 0 Å². The van der Waals surface area contributed by atoms with Crippen molar-refractivity contribution < 1.29 is 14.6 Å². The second-order valence-electron chi connectivity index (χ2n) is 3.09. The number of hydrogen-bond acceptors (Lipinski definition) is 3. The van der Waals surface area contributed by atoms with Crippen LogP contribution in [-0.4, -0.2) is 12.6 Å². The zero-order valence-electron chi connectivity index (χ0n) is 8.67. The normalized spacial score (nSPS) is 10.0. The van der Waals surface area contributed by atoms with Crippen LogP contribution >= 0.6 is 0 Å². The van der Waals surface area contributed by atoms with E-state index in [-0.39, 0.29) is 5.97 Å². The lowest BCUT2D eigenvalue weighted by Crippen LogP contribution is -2.05. The Morgan fingerprint density at radius 1 is 1.08 bits per heavy atom. The molecule has 0 heterocycles. The largest absolute Gasteiger partial charge is 0.342 e. The molecule has 0 fully saturated rings. The lowest BCUT2D eigenvalue weighted by molar-refractivity contribution is -0.272. The SMILES string of the molecule is CCCCCOOC(=O)CCCC. The summed E-state index contributed by atoms with van der Waals surface area (Å²) in [5.41, 5.74) is 0. The van der Waals surface area contributed by atoms with E-state index in [0.29, 0.717) is 13.0 Å². The summed E-state index contributed by atoms with van der Waals surface area (Å²) in [5.74, 6) is -0.252. The van der Waals surface area contributed by atoms with Crippen LogP contribution in [-0.2, 0) is 14.6 Å².